The van der Waals surface area contributed by atoms with Crippen LogP contribution in [0.1, 0.15) is 29.3 Å². The molecule has 120 valence electrons. The Balaban J connectivity index is 1.94. The maximum Gasteiger partial charge on any atom is 0.437 e. The van der Waals surface area contributed by atoms with Crippen LogP contribution in [0.25, 0.3) is 0 Å². The number of para-hydroxylation sites is 1. The third-order valence-electron chi connectivity index (χ3n) is 2.61. The summed E-state index contributed by atoms with van der Waals surface area (Å²) in [4.78, 5) is 32.0. The summed E-state index contributed by atoms with van der Waals surface area (Å²) in [5.41, 5.74) is 1.43. The molecule has 0 unspecified atom stereocenters. The molecule has 0 saturated carbocycles. The zero-order valence-electron chi connectivity index (χ0n) is 12.6. The van der Waals surface area contributed by atoms with Crippen molar-refractivity contribution < 1.29 is 19.2 Å². The van der Waals surface area contributed by atoms with Gasteiger partial charge in [-0.2, -0.15) is 0 Å². The number of thiazole rings is 1. The molecule has 0 fully saturated rings. The second kappa shape index (κ2) is 8.04. The highest BCUT2D eigenvalue weighted by Crippen LogP contribution is 2.12. The fraction of sp³-hybridized carbons (Fsp3) is 0.200. The zero-order chi connectivity index (χ0) is 16.7. The van der Waals surface area contributed by atoms with Crippen LogP contribution >= 0.6 is 11.3 Å². The third kappa shape index (κ3) is 4.89. The second-order valence-corrected chi connectivity index (χ2v) is 5.16. The lowest BCUT2D eigenvalue weighted by atomic mass is 10.3. The van der Waals surface area contributed by atoms with Crippen LogP contribution in [-0.2, 0) is 9.57 Å². The molecular weight excluding hydrogens is 318 g/mol. The number of oxime groups is 1. The molecule has 2 rings (SSSR count). The van der Waals surface area contributed by atoms with Gasteiger partial charge in [-0.05, 0) is 26.0 Å². The van der Waals surface area contributed by atoms with Crippen LogP contribution in [0.2, 0.25) is 0 Å². The first-order valence-electron chi connectivity index (χ1n) is 6.80. The van der Waals surface area contributed by atoms with E-state index in [-0.39, 0.29) is 11.6 Å². The van der Waals surface area contributed by atoms with E-state index in [2.05, 4.69) is 15.5 Å². The van der Waals surface area contributed by atoms with E-state index in [1.54, 1.807) is 43.5 Å². The number of nitrogens with one attached hydrogen (secondary N) is 1. The molecule has 7 nitrogen and oxygen atoms in total. The Morgan fingerprint density at radius 2 is 2.04 bits per heavy atom. The van der Waals surface area contributed by atoms with Gasteiger partial charge in [0.05, 0.1) is 12.3 Å². The fourth-order valence-electron chi connectivity index (χ4n) is 1.55. The smallest absolute Gasteiger partial charge is 0.437 e. The Morgan fingerprint density at radius 3 is 2.74 bits per heavy atom. The first-order chi connectivity index (χ1) is 11.1. The summed E-state index contributed by atoms with van der Waals surface area (Å²) in [6, 6.07) is 8.86. The molecule has 2 aromatic rings. The van der Waals surface area contributed by atoms with Gasteiger partial charge in [0.15, 0.2) is 0 Å². The number of ether oxygens (including phenoxy) is 1. The number of nitrogens with zero attached hydrogens (tertiary/aromatic N) is 2. The summed E-state index contributed by atoms with van der Waals surface area (Å²) < 4.78 is 4.86. The van der Waals surface area contributed by atoms with Gasteiger partial charge in [0.2, 0.25) is 5.01 Å². The van der Waals surface area contributed by atoms with Crippen molar-refractivity contribution in [2.45, 2.75) is 13.8 Å². The molecule has 8 heteroatoms. The van der Waals surface area contributed by atoms with Crippen molar-refractivity contribution in [3.63, 3.8) is 0 Å². The maximum absolute atomic E-state index is 11.6. The molecule has 23 heavy (non-hydrogen) atoms. The Kier molecular flexibility index (Phi) is 5.81. The van der Waals surface area contributed by atoms with E-state index in [0.717, 1.165) is 11.3 Å². The number of hydrogen-bond donors (Lipinski definition) is 1. The molecule has 1 N–H and O–H groups in total. The molecule has 0 bridgehead atoms. The van der Waals surface area contributed by atoms with Crippen LogP contribution in [0.3, 0.4) is 0 Å². The average Bonchev–Trinajstić information content (AvgIpc) is 3.04. The lowest BCUT2D eigenvalue weighted by Gasteiger charge is -2.02. The molecule has 0 saturated heterocycles. The minimum Gasteiger partial charge on any atom is -0.461 e. The molecule has 0 radical (unpaired) electrons. The quantitative estimate of drug-likeness (QED) is 0.392. The van der Waals surface area contributed by atoms with E-state index < -0.39 is 12.1 Å². The van der Waals surface area contributed by atoms with Gasteiger partial charge >= 0.3 is 12.1 Å². The van der Waals surface area contributed by atoms with Gasteiger partial charge < -0.3 is 4.74 Å². The first kappa shape index (κ1) is 16.6. The topological polar surface area (TPSA) is 89.9 Å². The normalized spacial score (nSPS) is 11.0. The van der Waals surface area contributed by atoms with Gasteiger partial charge in [-0.1, -0.05) is 23.4 Å². The Bertz CT molecular complexity index is 713. The van der Waals surface area contributed by atoms with Crippen molar-refractivity contribution in [3.8, 4) is 0 Å². The van der Waals surface area contributed by atoms with Crippen LogP contribution in [-0.4, -0.2) is 29.4 Å². The number of aromatic nitrogens is 1. The highest BCUT2D eigenvalue weighted by Gasteiger charge is 2.14. The van der Waals surface area contributed by atoms with E-state index in [1.807, 2.05) is 6.07 Å². The minimum atomic E-state index is -0.712. The molecule has 0 aliphatic carbocycles. The maximum atomic E-state index is 11.6. The van der Waals surface area contributed by atoms with Gasteiger partial charge in [0, 0.05) is 11.1 Å². The van der Waals surface area contributed by atoms with Gasteiger partial charge in [0.25, 0.3) is 0 Å². The van der Waals surface area contributed by atoms with Crippen LogP contribution in [0.4, 0.5) is 10.5 Å². The van der Waals surface area contributed by atoms with Crippen LogP contribution in [0, 0.1) is 0 Å². The van der Waals surface area contributed by atoms with E-state index in [4.69, 9.17) is 9.57 Å². The summed E-state index contributed by atoms with van der Waals surface area (Å²) in [7, 11) is 0. The van der Waals surface area contributed by atoms with Crippen LogP contribution < -0.4 is 5.32 Å². The molecular formula is C15H15N3O4S. The number of carbonyl (C=O) groups is 2. The largest absolute Gasteiger partial charge is 0.461 e. The predicted molar refractivity (Wildman–Crippen MR) is 86.8 cm³/mol. The zero-order valence-corrected chi connectivity index (χ0v) is 13.4. The number of hydrogen-bond acceptors (Lipinski definition) is 7. The highest BCUT2D eigenvalue weighted by atomic mass is 32.1. The Hall–Kier alpha value is -2.74. The summed E-state index contributed by atoms with van der Waals surface area (Å²) >= 11 is 1.14. The summed E-state index contributed by atoms with van der Waals surface area (Å²) in [6.07, 6.45) is -0.712. The van der Waals surface area contributed by atoms with E-state index in [9.17, 15) is 9.59 Å². The van der Waals surface area contributed by atoms with Gasteiger partial charge in [0.1, 0.15) is 5.71 Å². The Labute approximate surface area is 136 Å². The van der Waals surface area contributed by atoms with Crippen molar-refractivity contribution in [2.75, 3.05) is 11.9 Å². The van der Waals surface area contributed by atoms with E-state index >= 15 is 0 Å². The monoisotopic (exact) mass is 333 g/mol. The van der Waals surface area contributed by atoms with E-state index in [1.165, 1.54) is 0 Å². The molecule has 1 amide bonds. The highest BCUT2D eigenvalue weighted by molar-refractivity contribution is 7.11. The fourth-order valence-corrected chi connectivity index (χ4v) is 2.30. The summed E-state index contributed by atoms with van der Waals surface area (Å²) in [5.74, 6) is -0.487. The van der Waals surface area contributed by atoms with Crippen molar-refractivity contribution in [1.82, 2.24) is 4.98 Å². The number of anilines is 1. The van der Waals surface area contributed by atoms with Crippen molar-refractivity contribution in [3.05, 3.63) is 46.4 Å². The predicted octanol–water partition coefficient (Wildman–Crippen LogP) is 3.29. The SMILES string of the molecule is CCOC(=O)c1nc(/C(C)=N\OC(=O)Nc2ccccc2)cs1. The molecule has 1 aromatic carbocycles. The standard InChI is InChI=1S/C15H15N3O4S/c1-3-21-14(19)13-17-12(9-23-13)10(2)18-22-15(20)16-11-7-5-4-6-8-11/h4-9H,3H2,1-2H3,(H,16,20)/b18-10-. The number of amides is 1. The summed E-state index contributed by atoms with van der Waals surface area (Å²) in [5, 5.41) is 8.10. The Morgan fingerprint density at radius 1 is 1.30 bits per heavy atom. The van der Waals surface area contributed by atoms with Gasteiger partial charge in [-0.3, -0.25) is 10.2 Å². The molecule has 1 aromatic heterocycles. The number of esters is 1. The second-order valence-electron chi connectivity index (χ2n) is 4.30. The van der Waals surface area contributed by atoms with Crippen molar-refractivity contribution in [2.24, 2.45) is 5.16 Å². The van der Waals surface area contributed by atoms with Crippen LogP contribution in [0.15, 0.2) is 40.9 Å². The average molecular weight is 333 g/mol. The van der Waals surface area contributed by atoms with Crippen molar-refractivity contribution >= 4 is 34.8 Å². The lowest BCUT2D eigenvalue weighted by Crippen LogP contribution is -2.12. The first-order valence-corrected chi connectivity index (χ1v) is 7.68. The van der Waals surface area contributed by atoms with Gasteiger partial charge in [-0.25, -0.2) is 14.6 Å². The number of carbonyl (C=O) groups excluding carboxylic acids is 2. The van der Waals surface area contributed by atoms with Gasteiger partial charge in [-0.15, -0.1) is 11.3 Å². The summed E-state index contributed by atoms with van der Waals surface area (Å²) in [6.45, 7) is 3.63. The van der Waals surface area contributed by atoms with Crippen LogP contribution in [0.5, 0.6) is 0 Å². The molecule has 0 aliphatic rings. The molecule has 1 heterocycles. The third-order valence-corrected chi connectivity index (χ3v) is 3.43. The molecule has 0 spiro atoms. The van der Waals surface area contributed by atoms with Crippen molar-refractivity contribution in [1.29, 1.82) is 0 Å². The molecule has 0 aliphatic heterocycles. The minimum absolute atomic E-state index is 0.227. The lowest BCUT2D eigenvalue weighted by molar-refractivity contribution is 0.0526. The van der Waals surface area contributed by atoms with E-state index in [0.29, 0.717) is 17.1 Å². The number of benzene rings is 1. The molecule has 0 atom stereocenters. The number of rotatable bonds is 5.